The van der Waals surface area contributed by atoms with Gasteiger partial charge < -0.3 is 14.9 Å². The summed E-state index contributed by atoms with van der Waals surface area (Å²) in [7, 11) is 1.41. The molecule has 0 spiro atoms. The fraction of sp³-hybridized carbons (Fsp3) is 0.400. The lowest BCUT2D eigenvalue weighted by Crippen LogP contribution is -2.19. The molecule has 0 aliphatic rings. The molecule has 0 aliphatic carbocycles. The van der Waals surface area contributed by atoms with E-state index < -0.39 is 12.3 Å². The van der Waals surface area contributed by atoms with Crippen molar-refractivity contribution in [1.82, 2.24) is 0 Å². The molecule has 0 bridgehead atoms. The van der Waals surface area contributed by atoms with Crippen LogP contribution >= 0.6 is 0 Å². The summed E-state index contributed by atoms with van der Waals surface area (Å²) >= 11 is 0. The number of aliphatic hydroxyl groups is 1. The minimum atomic E-state index is -1.84. The molecule has 1 unspecified atom stereocenters. The summed E-state index contributed by atoms with van der Waals surface area (Å²) in [5, 5.41) is 18.2. The lowest BCUT2D eigenvalue weighted by molar-refractivity contribution is 0.0865. The Balaban J connectivity index is 3.08. The van der Waals surface area contributed by atoms with E-state index in [4.69, 9.17) is 9.84 Å². The Bertz CT molecular complexity index is 323. The molecule has 0 amide bonds. The van der Waals surface area contributed by atoms with Gasteiger partial charge in [-0.15, -0.1) is 0 Å². The molecule has 4 heteroatoms. The fourth-order valence-corrected chi connectivity index (χ4v) is 1.11. The van der Waals surface area contributed by atoms with Gasteiger partial charge in [-0.25, -0.2) is 4.39 Å². The Morgan fingerprint density at radius 2 is 2.14 bits per heavy atom. The summed E-state index contributed by atoms with van der Waals surface area (Å²) in [5.74, 6) is 0.143. The molecular weight excluding hydrogens is 187 g/mol. The number of alkyl halides is 1. The molecule has 14 heavy (non-hydrogen) atoms. The molecule has 78 valence electrons. The molecule has 0 heterocycles. The van der Waals surface area contributed by atoms with Crippen molar-refractivity contribution in [2.75, 3.05) is 13.7 Å². The van der Waals surface area contributed by atoms with E-state index in [1.54, 1.807) is 0 Å². The van der Waals surface area contributed by atoms with E-state index in [1.165, 1.54) is 32.2 Å². The van der Waals surface area contributed by atoms with Crippen molar-refractivity contribution in [2.45, 2.75) is 12.6 Å². The number of hydrogen-bond acceptors (Lipinski definition) is 3. The van der Waals surface area contributed by atoms with E-state index in [0.29, 0.717) is 0 Å². The zero-order valence-electron chi connectivity index (χ0n) is 8.12. The Hall–Kier alpha value is -1.29. The van der Waals surface area contributed by atoms with Crippen LogP contribution in [0.25, 0.3) is 0 Å². The van der Waals surface area contributed by atoms with Gasteiger partial charge in [0.1, 0.15) is 0 Å². The lowest BCUT2D eigenvalue weighted by Gasteiger charge is -2.18. The highest BCUT2D eigenvalue weighted by atomic mass is 19.1. The highest BCUT2D eigenvalue weighted by Crippen LogP contribution is 2.32. The van der Waals surface area contributed by atoms with Crippen LogP contribution in [0.2, 0.25) is 0 Å². The smallest absolute Gasteiger partial charge is 0.160 e. The second-order valence-electron chi connectivity index (χ2n) is 3.24. The van der Waals surface area contributed by atoms with E-state index in [0.717, 1.165) is 0 Å². The number of halogens is 1. The molecule has 1 rings (SSSR count). The Labute approximate surface area is 81.8 Å². The van der Waals surface area contributed by atoms with Crippen LogP contribution in [0.5, 0.6) is 11.5 Å². The van der Waals surface area contributed by atoms with E-state index >= 15 is 0 Å². The van der Waals surface area contributed by atoms with Crippen LogP contribution in [0.3, 0.4) is 0 Å². The minimum Gasteiger partial charge on any atom is -0.504 e. The molecule has 0 aliphatic heterocycles. The SMILES string of the molecule is COc1ccc(C(C)(F)CO)cc1O. The molecule has 1 aromatic carbocycles. The third-order valence-electron chi connectivity index (χ3n) is 2.08. The van der Waals surface area contributed by atoms with Gasteiger partial charge in [0.05, 0.1) is 13.7 Å². The first kappa shape index (κ1) is 10.8. The van der Waals surface area contributed by atoms with Crippen LogP contribution in [-0.4, -0.2) is 23.9 Å². The summed E-state index contributed by atoms with van der Waals surface area (Å²) < 4.78 is 18.4. The molecule has 1 aromatic rings. The van der Waals surface area contributed by atoms with Gasteiger partial charge >= 0.3 is 0 Å². The fourth-order valence-electron chi connectivity index (χ4n) is 1.11. The number of phenols is 1. The van der Waals surface area contributed by atoms with Crippen molar-refractivity contribution in [3.63, 3.8) is 0 Å². The van der Waals surface area contributed by atoms with Crippen LogP contribution in [0.4, 0.5) is 4.39 Å². The molecule has 0 fully saturated rings. The number of aromatic hydroxyl groups is 1. The van der Waals surface area contributed by atoms with Gasteiger partial charge in [0.2, 0.25) is 0 Å². The highest BCUT2D eigenvalue weighted by Gasteiger charge is 2.25. The normalized spacial score (nSPS) is 14.9. The first-order valence-corrected chi connectivity index (χ1v) is 4.18. The third-order valence-corrected chi connectivity index (χ3v) is 2.08. The number of ether oxygens (including phenoxy) is 1. The van der Waals surface area contributed by atoms with Crippen LogP contribution in [0.15, 0.2) is 18.2 Å². The van der Waals surface area contributed by atoms with Gasteiger partial charge in [0.15, 0.2) is 17.2 Å². The molecular formula is C10H13FO3. The van der Waals surface area contributed by atoms with Gasteiger partial charge in [0.25, 0.3) is 0 Å². The number of rotatable bonds is 3. The number of aliphatic hydroxyl groups excluding tert-OH is 1. The Morgan fingerprint density at radius 1 is 1.50 bits per heavy atom. The van der Waals surface area contributed by atoms with E-state index in [1.807, 2.05) is 0 Å². The summed E-state index contributed by atoms with van der Waals surface area (Å²) in [6.07, 6.45) is 0. The second-order valence-corrected chi connectivity index (χ2v) is 3.24. The van der Waals surface area contributed by atoms with Gasteiger partial charge in [-0.2, -0.15) is 0 Å². The molecule has 2 N–H and O–H groups in total. The van der Waals surface area contributed by atoms with E-state index in [-0.39, 0.29) is 17.1 Å². The van der Waals surface area contributed by atoms with Gasteiger partial charge in [0, 0.05) is 0 Å². The molecule has 3 nitrogen and oxygen atoms in total. The van der Waals surface area contributed by atoms with E-state index in [2.05, 4.69) is 0 Å². The van der Waals surface area contributed by atoms with Crippen molar-refractivity contribution >= 4 is 0 Å². The van der Waals surface area contributed by atoms with Crippen LogP contribution in [-0.2, 0) is 5.67 Å². The van der Waals surface area contributed by atoms with Crippen LogP contribution < -0.4 is 4.74 Å². The largest absolute Gasteiger partial charge is 0.504 e. The Morgan fingerprint density at radius 3 is 2.57 bits per heavy atom. The molecule has 0 saturated heterocycles. The zero-order valence-corrected chi connectivity index (χ0v) is 8.12. The predicted octanol–water partition coefficient (Wildman–Crippen LogP) is 1.58. The lowest BCUT2D eigenvalue weighted by atomic mass is 9.98. The van der Waals surface area contributed by atoms with Crippen molar-refractivity contribution < 1.29 is 19.3 Å². The number of benzene rings is 1. The maximum Gasteiger partial charge on any atom is 0.160 e. The predicted molar refractivity (Wildman–Crippen MR) is 50.2 cm³/mol. The van der Waals surface area contributed by atoms with Crippen LogP contribution in [0.1, 0.15) is 12.5 Å². The highest BCUT2D eigenvalue weighted by molar-refractivity contribution is 5.43. The third kappa shape index (κ3) is 1.96. The molecule has 0 radical (unpaired) electrons. The van der Waals surface area contributed by atoms with Gasteiger partial charge in [-0.05, 0) is 24.6 Å². The number of phenolic OH excluding ortho intramolecular Hbond substituents is 1. The standard InChI is InChI=1S/C10H13FO3/c1-10(11,6-12)7-3-4-9(14-2)8(13)5-7/h3-5,12-13H,6H2,1-2H3. The summed E-state index contributed by atoms with van der Waals surface area (Å²) in [6.45, 7) is 0.618. The summed E-state index contributed by atoms with van der Waals surface area (Å²) in [4.78, 5) is 0. The number of methoxy groups -OCH3 is 1. The van der Waals surface area contributed by atoms with E-state index in [9.17, 15) is 9.50 Å². The maximum absolute atomic E-state index is 13.6. The van der Waals surface area contributed by atoms with Gasteiger partial charge in [-0.1, -0.05) is 6.07 Å². The zero-order chi connectivity index (χ0) is 10.8. The topological polar surface area (TPSA) is 49.7 Å². The van der Waals surface area contributed by atoms with Gasteiger partial charge in [-0.3, -0.25) is 0 Å². The maximum atomic E-state index is 13.6. The van der Waals surface area contributed by atoms with Crippen molar-refractivity contribution in [2.24, 2.45) is 0 Å². The first-order valence-electron chi connectivity index (χ1n) is 4.18. The summed E-state index contributed by atoms with van der Waals surface area (Å²) in [5.41, 5.74) is -1.62. The minimum absolute atomic E-state index is 0.137. The second kappa shape index (κ2) is 3.84. The molecule has 0 saturated carbocycles. The Kier molecular flexibility index (Phi) is 2.96. The monoisotopic (exact) mass is 200 g/mol. The molecule has 0 aromatic heterocycles. The number of hydrogen-bond donors (Lipinski definition) is 2. The van der Waals surface area contributed by atoms with Crippen molar-refractivity contribution in [3.8, 4) is 11.5 Å². The summed E-state index contributed by atoms with van der Waals surface area (Å²) in [6, 6.07) is 4.17. The quantitative estimate of drug-likeness (QED) is 0.778. The van der Waals surface area contributed by atoms with Crippen molar-refractivity contribution in [1.29, 1.82) is 0 Å². The van der Waals surface area contributed by atoms with Crippen LogP contribution in [0, 0.1) is 0 Å². The molecule has 1 atom stereocenters. The average Bonchev–Trinajstić information content (AvgIpc) is 2.17. The average molecular weight is 200 g/mol. The first-order chi connectivity index (χ1) is 6.51. The van der Waals surface area contributed by atoms with Crippen molar-refractivity contribution in [3.05, 3.63) is 23.8 Å².